The summed E-state index contributed by atoms with van der Waals surface area (Å²) in [7, 11) is 0. The monoisotopic (exact) mass is 243 g/mol. The van der Waals surface area contributed by atoms with Gasteiger partial charge in [-0.3, -0.25) is 4.98 Å². The van der Waals surface area contributed by atoms with E-state index >= 15 is 0 Å². The molecule has 0 aliphatic carbocycles. The van der Waals surface area contributed by atoms with E-state index in [9.17, 15) is 5.11 Å². The number of benzene rings is 1. The van der Waals surface area contributed by atoms with Crippen molar-refractivity contribution in [2.24, 2.45) is 0 Å². The Labute approximate surface area is 107 Å². The minimum absolute atomic E-state index is 0.473. The number of aliphatic hydroxyl groups is 1. The highest BCUT2D eigenvalue weighted by Gasteiger charge is 2.10. The van der Waals surface area contributed by atoms with Crippen LogP contribution in [0.15, 0.2) is 48.8 Å². The molecule has 0 spiro atoms. The molecule has 3 nitrogen and oxygen atoms in total. The lowest BCUT2D eigenvalue weighted by Crippen LogP contribution is -2.02. The van der Waals surface area contributed by atoms with E-state index in [0.29, 0.717) is 13.0 Å². The van der Waals surface area contributed by atoms with Crippen molar-refractivity contribution >= 4 is 0 Å². The molecule has 1 heterocycles. The quantitative estimate of drug-likeness (QED) is 0.877. The summed E-state index contributed by atoms with van der Waals surface area (Å²) in [5.74, 6) is 0.740. The molecule has 0 unspecified atom stereocenters. The van der Waals surface area contributed by atoms with Crippen LogP contribution in [0.25, 0.3) is 0 Å². The van der Waals surface area contributed by atoms with Gasteiger partial charge in [-0.25, -0.2) is 0 Å². The molecular weight excluding hydrogens is 226 g/mol. The van der Waals surface area contributed by atoms with Crippen LogP contribution in [0.5, 0.6) is 5.75 Å². The average Bonchev–Trinajstić information content (AvgIpc) is 2.45. The fourth-order valence-corrected chi connectivity index (χ4v) is 1.75. The molecule has 0 bridgehead atoms. The predicted molar refractivity (Wildman–Crippen MR) is 70.3 cm³/mol. The van der Waals surface area contributed by atoms with E-state index in [-0.39, 0.29) is 0 Å². The summed E-state index contributed by atoms with van der Waals surface area (Å²) in [5, 5.41) is 9.92. The molecule has 0 radical (unpaired) electrons. The standard InChI is InChI=1S/C15H17NO2/c1-2-14(17)13-5-3-4-6-15(13)18-11-12-7-9-16-10-8-12/h3-10,14,17H,2,11H2,1H3/t14-/m0/s1. The van der Waals surface area contributed by atoms with Crippen LogP contribution in [-0.2, 0) is 6.61 Å². The van der Waals surface area contributed by atoms with Crippen molar-refractivity contribution in [3.8, 4) is 5.75 Å². The van der Waals surface area contributed by atoms with Crippen molar-refractivity contribution in [1.29, 1.82) is 0 Å². The van der Waals surface area contributed by atoms with Gasteiger partial charge in [-0.15, -0.1) is 0 Å². The highest BCUT2D eigenvalue weighted by Crippen LogP contribution is 2.27. The molecule has 2 rings (SSSR count). The van der Waals surface area contributed by atoms with Gasteiger partial charge in [0.1, 0.15) is 12.4 Å². The van der Waals surface area contributed by atoms with Gasteiger partial charge in [0.25, 0.3) is 0 Å². The Morgan fingerprint density at radius 3 is 2.61 bits per heavy atom. The van der Waals surface area contributed by atoms with Gasteiger partial charge < -0.3 is 9.84 Å². The summed E-state index contributed by atoms with van der Waals surface area (Å²) in [6.07, 6.45) is 3.69. The van der Waals surface area contributed by atoms with Crippen LogP contribution in [0.3, 0.4) is 0 Å². The molecule has 0 saturated carbocycles. The number of pyridine rings is 1. The van der Waals surface area contributed by atoms with Gasteiger partial charge in [0.15, 0.2) is 0 Å². The van der Waals surface area contributed by atoms with Crippen molar-refractivity contribution in [3.05, 3.63) is 59.9 Å². The maximum absolute atomic E-state index is 9.92. The second kappa shape index (κ2) is 6.17. The number of aliphatic hydroxyl groups excluding tert-OH is 1. The van der Waals surface area contributed by atoms with Gasteiger partial charge in [0.2, 0.25) is 0 Å². The Morgan fingerprint density at radius 2 is 1.89 bits per heavy atom. The summed E-state index contributed by atoms with van der Waals surface area (Å²) < 4.78 is 5.76. The number of hydrogen-bond donors (Lipinski definition) is 1. The van der Waals surface area contributed by atoms with E-state index in [1.54, 1.807) is 12.4 Å². The zero-order valence-electron chi connectivity index (χ0n) is 10.4. The smallest absolute Gasteiger partial charge is 0.125 e. The topological polar surface area (TPSA) is 42.4 Å². The van der Waals surface area contributed by atoms with Crippen molar-refractivity contribution in [2.75, 3.05) is 0 Å². The Bertz CT molecular complexity index is 485. The van der Waals surface area contributed by atoms with E-state index in [0.717, 1.165) is 16.9 Å². The minimum Gasteiger partial charge on any atom is -0.489 e. The molecule has 2 aromatic rings. The highest BCUT2D eigenvalue weighted by molar-refractivity contribution is 5.35. The van der Waals surface area contributed by atoms with Gasteiger partial charge in [0, 0.05) is 18.0 Å². The number of aromatic nitrogens is 1. The summed E-state index contributed by atoms with van der Waals surface area (Å²) >= 11 is 0. The van der Waals surface area contributed by atoms with Crippen LogP contribution in [-0.4, -0.2) is 10.1 Å². The van der Waals surface area contributed by atoms with Crippen LogP contribution in [0.2, 0.25) is 0 Å². The molecule has 1 aromatic heterocycles. The fraction of sp³-hybridized carbons (Fsp3) is 0.267. The number of nitrogens with zero attached hydrogens (tertiary/aromatic N) is 1. The molecule has 0 saturated heterocycles. The first kappa shape index (κ1) is 12.6. The minimum atomic E-state index is -0.473. The largest absolute Gasteiger partial charge is 0.489 e. The zero-order valence-corrected chi connectivity index (χ0v) is 10.4. The average molecular weight is 243 g/mol. The van der Waals surface area contributed by atoms with Crippen LogP contribution in [0.4, 0.5) is 0 Å². The van der Waals surface area contributed by atoms with Crippen molar-refractivity contribution < 1.29 is 9.84 Å². The molecule has 1 N–H and O–H groups in total. The normalized spacial score (nSPS) is 12.1. The van der Waals surface area contributed by atoms with Gasteiger partial charge in [-0.2, -0.15) is 0 Å². The van der Waals surface area contributed by atoms with E-state index in [1.807, 2.05) is 43.3 Å². The number of rotatable bonds is 5. The molecular formula is C15H17NO2. The van der Waals surface area contributed by atoms with Crippen LogP contribution < -0.4 is 4.74 Å². The Balaban J connectivity index is 2.10. The number of hydrogen-bond acceptors (Lipinski definition) is 3. The highest BCUT2D eigenvalue weighted by atomic mass is 16.5. The lowest BCUT2D eigenvalue weighted by Gasteiger charge is -2.14. The van der Waals surface area contributed by atoms with Crippen molar-refractivity contribution in [1.82, 2.24) is 4.98 Å². The Morgan fingerprint density at radius 1 is 1.17 bits per heavy atom. The van der Waals surface area contributed by atoms with Crippen molar-refractivity contribution in [3.63, 3.8) is 0 Å². The summed E-state index contributed by atoms with van der Waals surface area (Å²) in [6, 6.07) is 11.4. The molecule has 1 aromatic carbocycles. The number of para-hydroxylation sites is 1. The third kappa shape index (κ3) is 3.08. The van der Waals surface area contributed by atoms with Gasteiger partial charge >= 0.3 is 0 Å². The SMILES string of the molecule is CC[C@H](O)c1ccccc1OCc1ccncc1. The molecule has 0 fully saturated rings. The maximum atomic E-state index is 9.92. The lowest BCUT2D eigenvalue weighted by atomic mass is 10.1. The molecule has 0 aliphatic heterocycles. The van der Waals surface area contributed by atoms with E-state index in [1.165, 1.54) is 0 Å². The van der Waals surface area contributed by atoms with Gasteiger partial charge in [0.05, 0.1) is 6.10 Å². The fourth-order valence-electron chi connectivity index (χ4n) is 1.75. The van der Waals surface area contributed by atoms with E-state index < -0.39 is 6.10 Å². The lowest BCUT2D eigenvalue weighted by molar-refractivity contribution is 0.166. The predicted octanol–water partition coefficient (Wildman–Crippen LogP) is 3.10. The van der Waals surface area contributed by atoms with E-state index in [2.05, 4.69) is 4.98 Å². The molecule has 0 aliphatic rings. The molecule has 18 heavy (non-hydrogen) atoms. The van der Waals surface area contributed by atoms with Gasteiger partial charge in [-0.05, 0) is 30.2 Å². The Kier molecular flexibility index (Phi) is 4.31. The van der Waals surface area contributed by atoms with Crippen molar-refractivity contribution in [2.45, 2.75) is 26.1 Å². The third-order valence-corrected chi connectivity index (χ3v) is 2.81. The van der Waals surface area contributed by atoms with Crippen LogP contribution >= 0.6 is 0 Å². The first-order chi connectivity index (χ1) is 8.81. The molecule has 3 heteroatoms. The Hall–Kier alpha value is -1.87. The second-order valence-corrected chi connectivity index (χ2v) is 4.11. The maximum Gasteiger partial charge on any atom is 0.125 e. The summed E-state index contributed by atoms with van der Waals surface area (Å²) in [4.78, 5) is 3.96. The van der Waals surface area contributed by atoms with Crippen LogP contribution in [0.1, 0.15) is 30.6 Å². The third-order valence-electron chi connectivity index (χ3n) is 2.81. The summed E-state index contributed by atoms with van der Waals surface area (Å²) in [6.45, 7) is 2.43. The number of ether oxygens (including phenoxy) is 1. The molecule has 1 atom stereocenters. The first-order valence-electron chi connectivity index (χ1n) is 6.10. The van der Waals surface area contributed by atoms with Gasteiger partial charge in [-0.1, -0.05) is 25.1 Å². The first-order valence-corrected chi connectivity index (χ1v) is 6.10. The summed E-state index contributed by atoms with van der Waals surface area (Å²) in [5.41, 5.74) is 1.90. The molecule has 0 amide bonds. The zero-order chi connectivity index (χ0) is 12.8. The molecule has 94 valence electrons. The van der Waals surface area contributed by atoms with Crippen LogP contribution in [0, 0.1) is 0 Å². The second-order valence-electron chi connectivity index (χ2n) is 4.11. The van der Waals surface area contributed by atoms with E-state index in [4.69, 9.17) is 4.74 Å².